The maximum absolute atomic E-state index is 12.6. The topological polar surface area (TPSA) is 66.5 Å². The van der Waals surface area contributed by atoms with Gasteiger partial charge in [-0.1, -0.05) is 11.6 Å². The molecular weight excluding hydrogens is 336 g/mol. The third-order valence-corrected chi connectivity index (χ3v) is 6.66. The summed E-state index contributed by atoms with van der Waals surface area (Å²) in [4.78, 5) is 12.7. The molecule has 0 saturated heterocycles. The lowest BCUT2D eigenvalue weighted by atomic mass is 10.1. The van der Waals surface area contributed by atoms with Gasteiger partial charge in [0, 0.05) is 20.1 Å². The van der Waals surface area contributed by atoms with Gasteiger partial charge in [-0.2, -0.15) is 0 Å². The Labute approximate surface area is 142 Å². The van der Waals surface area contributed by atoms with E-state index in [0.717, 1.165) is 30.0 Å². The maximum atomic E-state index is 12.6. The van der Waals surface area contributed by atoms with E-state index in [0.29, 0.717) is 11.8 Å². The van der Waals surface area contributed by atoms with Crippen molar-refractivity contribution in [2.45, 2.75) is 36.6 Å². The van der Waals surface area contributed by atoms with Crippen LogP contribution in [0.3, 0.4) is 0 Å². The number of halogens is 1. The minimum atomic E-state index is -3.59. The molecule has 1 amide bonds. The van der Waals surface area contributed by atoms with E-state index in [9.17, 15) is 13.2 Å². The van der Waals surface area contributed by atoms with Crippen LogP contribution in [0.4, 0.5) is 0 Å². The quantitative estimate of drug-likeness (QED) is 0.851. The number of amides is 1. The van der Waals surface area contributed by atoms with Gasteiger partial charge >= 0.3 is 0 Å². The van der Waals surface area contributed by atoms with Crippen LogP contribution in [0.25, 0.3) is 0 Å². The van der Waals surface area contributed by atoms with Gasteiger partial charge in [-0.25, -0.2) is 12.7 Å². The number of carbonyl (C=O) groups excluding carboxylic acids is 1. The van der Waals surface area contributed by atoms with E-state index in [1.54, 1.807) is 0 Å². The van der Waals surface area contributed by atoms with Gasteiger partial charge in [-0.15, -0.1) is 0 Å². The molecule has 2 aliphatic rings. The van der Waals surface area contributed by atoms with E-state index in [4.69, 9.17) is 11.6 Å². The van der Waals surface area contributed by atoms with Gasteiger partial charge in [0.2, 0.25) is 10.0 Å². The fraction of sp³-hybridized carbons (Fsp3) is 0.562. The Bertz CT molecular complexity index is 713. The summed E-state index contributed by atoms with van der Waals surface area (Å²) in [5, 5.41) is 3.34. The monoisotopic (exact) mass is 356 g/mol. The van der Waals surface area contributed by atoms with Crippen molar-refractivity contribution in [3.05, 3.63) is 28.8 Å². The second-order valence-electron chi connectivity index (χ2n) is 6.60. The highest BCUT2D eigenvalue weighted by atomic mass is 35.5. The van der Waals surface area contributed by atoms with Gasteiger partial charge in [0.25, 0.3) is 5.91 Å². The molecule has 0 radical (unpaired) electrons. The number of benzene rings is 1. The molecule has 23 heavy (non-hydrogen) atoms. The first kappa shape index (κ1) is 16.7. The van der Waals surface area contributed by atoms with Crippen LogP contribution in [0.2, 0.25) is 5.02 Å². The zero-order valence-electron chi connectivity index (χ0n) is 13.3. The second kappa shape index (κ2) is 6.07. The van der Waals surface area contributed by atoms with Crippen LogP contribution in [0, 0.1) is 11.8 Å². The standard InChI is InChI=1S/C16H21ClN2O3S/c1-19(2)23(21,22)12-7-8-14(17)13(9-12)16(20)18-15(10-3-4-10)11-5-6-11/h7-11,15H,3-6H2,1-2H3,(H,18,20). The van der Waals surface area contributed by atoms with E-state index in [1.165, 1.54) is 32.3 Å². The number of carbonyl (C=O) groups is 1. The van der Waals surface area contributed by atoms with Crippen molar-refractivity contribution in [1.82, 2.24) is 9.62 Å². The average Bonchev–Trinajstić information content (AvgIpc) is 3.38. The van der Waals surface area contributed by atoms with Crippen molar-refractivity contribution < 1.29 is 13.2 Å². The Balaban J connectivity index is 1.85. The highest BCUT2D eigenvalue weighted by Crippen LogP contribution is 2.44. The predicted octanol–water partition coefficient (Wildman–Crippen LogP) is 2.51. The number of sulfonamides is 1. The second-order valence-corrected chi connectivity index (χ2v) is 9.16. The number of nitrogens with one attached hydrogen (secondary N) is 1. The van der Waals surface area contributed by atoms with E-state index in [-0.39, 0.29) is 27.4 Å². The van der Waals surface area contributed by atoms with Gasteiger partial charge in [-0.3, -0.25) is 4.79 Å². The fourth-order valence-corrected chi connectivity index (χ4v) is 3.94. The van der Waals surface area contributed by atoms with E-state index >= 15 is 0 Å². The van der Waals surface area contributed by atoms with E-state index in [2.05, 4.69) is 5.32 Å². The van der Waals surface area contributed by atoms with Gasteiger partial charge in [0.1, 0.15) is 0 Å². The molecule has 0 atom stereocenters. The summed E-state index contributed by atoms with van der Waals surface area (Å²) in [7, 11) is -0.675. The van der Waals surface area contributed by atoms with Gasteiger partial charge in [0.05, 0.1) is 15.5 Å². The van der Waals surface area contributed by atoms with E-state index in [1.807, 2.05) is 0 Å². The van der Waals surface area contributed by atoms with Gasteiger partial charge < -0.3 is 5.32 Å². The molecule has 1 aromatic rings. The summed E-state index contributed by atoms with van der Waals surface area (Å²) < 4.78 is 25.6. The molecule has 0 spiro atoms. The third kappa shape index (κ3) is 3.54. The average molecular weight is 357 g/mol. The highest BCUT2D eigenvalue weighted by molar-refractivity contribution is 7.89. The molecule has 2 fully saturated rings. The summed E-state index contributed by atoms with van der Waals surface area (Å²) >= 11 is 6.13. The largest absolute Gasteiger partial charge is 0.349 e. The molecule has 3 rings (SSSR count). The Morgan fingerprint density at radius 2 is 1.78 bits per heavy atom. The lowest BCUT2D eigenvalue weighted by molar-refractivity contribution is 0.0926. The number of hydrogen-bond donors (Lipinski definition) is 1. The smallest absolute Gasteiger partial charge is 0.253 e. The van der Waals surface area contributed by atoms with Crippen LogP contribution in [0.5, 0.6) is 0 Å². The Morgan fingerprint density at radius 3 is 2.26 bits per heavy atom. The minimum Gasteiger partial charge on any atom is -0.349 e. The van der Waals surface area contributed by atoms with Crippen molar-refractivity contribution in [3.8, 4) is 0 Å². The molecular formula is C16H21ClN2O3S. The summed E-state index contributed by atoms with van der Waals surface area (Å²) in [6.07, 6.45) is 4.63. The van der Waals surface area contributed by atoms with Gasteiger partial charge in [0.15, 0.2) is 0 Å². The molecule has 126 valence electrons. The van der Waals surface area contributed by atoms with Crippen molar-refractivity contribution in [1.29, 1.82) is 0 Å². The van der Waals surface area contributed by atoms with Crippen LogP contribution >= 0.6 is 11.6 Å². The molecule has 7 heteroatoms. The number of hydrogen-bond acceptors (Lipinski definition) is 3. The van der Waals surface area contributed by atoms with E-state index < -0.39 is 10.0 Å². The van der Waals surface area contributed by atoms with Crippen molar-refractivity contribution in [2.24, 2.45) is 11.8 Å². The number of rotatable bonds is 6. The first-order valence-corrected chi connectivity index (χ1v) is 9.65. The Hall–Kier alpha value is -1.11. The molecule has 0 heterocycles. The molecule has 0 bridgehead atoms. The SMILES string of the molecule is CN(C)S(=O)(=O)c1ccc(Cl)c(C(=O)NC(C2CC2)C2CC2)c1. The Kier molecular flexibility index (Phi) is 4.42. The van der Waals surface area contributed by atoms with Crippen molar-refractivity contribution in [2.75, 3.05) is 14.1 Å². The first-order chi connectivity index (χ1) is 10.8. The van der Waals surface area contributed by atoms with Crippen molar-refractivity contribution in [3.63, 3.8) is 0 Å². The number of nitrogens with zero attached hydrogens (tertiary/aromatic N) is 1. The maximum Gasteiger partial charge on any atom is 0.253 e. The minimum absolute atomic E-state index is 0.0754. The highest BCUT2D eigenvalue weighted by Gasteiger charge is 2.42. The molecule has 0 aromatic heterocycles. The first-order valence-electron chi connectivity index (χ1n) is 7.83. The van der Waals surface area contributed by atoms with Crippen LogP contribution < -0.4 is 5.32 Å². The zero-order chi connectivity index (χ0) is 16.8. The summed E-state index contributed by atoms with van der Waals surface area (Å²) in [5.41, 5.74) is 0.223. The molecule has 5 nitrogen and oxygen atoms in total. The third-order valence-electron chi connectivity index (χ3n) is 4.52. The van der Waals surface area contributed by atoms with Gasteiger partial charge in [-0.05, 0) is 55.7 Å². The molecule has 2 aliphatic carbocycles. The van der Waals surface area contributed by atoms with Crippen molar-refractivity contribution >= 4 is 27.5 Å². The normalized spacial score (nSPS) is 18.5. The van der Waals surface area contributed by atoms with Crippen LogP contribution in [-0.2, 0) is 10.0 Å². The lowest BCUT2D eigenvalue weighted by Crippen LogP contribution is -2.38. The molecule has 1 N–H and O–H groups in total. The summed E-state index contributed by atoms with van der Waals surface area (Å²) in [6.45, 7) is 0. The predicted molar refractivity (Wildman–Crippen MR) is 89.0 cm³/mol. The zero-order valence-corrected chi connectivity index (χ0v) is 14.8. The summed E-state index contributed by atoms with van der Waals surface area (Å²) in [5.74, 6) is 0.854. The van der Waals surface area contributed by atoms with Crippen LogP contribution in [-0.4, -0.2) is 38.8 Å². The molecule has 1 aromatic carbocycles. The fourth-order valence-electron chi connectivity index (χ4n) is 2.81. The summed E-state index contributed by atoms with van der Waals surface area (Å²) in [6, 6.07) is 4.46. The molecule has 0 aliphatic heterocycles. The van der Waals surface area contributed by atoms with Crippen LogP contribution in [0.15, 0.2) is 23.1 Å². The molecule has 2 saturated carbocycles. The van der Waals surface area contributed by atoms with Crippen LogP contribution in [0.1, 0.15) is 36.0 Å². The molecule has 0 unspecified atom stereocenters. The Morgan fingerprint density at radius 1 is 1.22 bits per heavy atom. The lowest BCUT2D eigenvalue weighted by Gasteiger charge is -2.19.